The van der Waals surface area contributed by atoms with Crippen LogP contribution in [0.2, 0.25) is 0 Å². The summed E-state index contributed by atoms with van der Waals surface area (Å²) in [5, 5.41) is 3.28. The molecule has 2 N–H and O–H groups in total. The van der Waals surface area contributed by atoms with Crippen LogP contribution in [-0.2, 0) is 10.0 Å². The SMILES string of the molecule is CC(C)NCCCCS(=O)(=O)Nc1cccc(N(C)C)c1. The third kappa shape index (κ3) is 7.34. The van der Waals surface area contributed by atoms with E-state index in [1.165, 1.54) is 0 Å². The zero-order valence-corrected chi connectivity index (χ0v) is 14.2. The highest BCUT2D eigenvalue weighted by Crippen LogP contribution is 2.18. The van der Waals surface area contributed by atoms with Crippen LogP contribution in [0.5, 0.6) is 0 Å². The van der Waals surface area contributed by atoms with Crippen molar-refractivity contribution in [2.45, 2.75) is 32.7 Å². The lowest BCUT2D eigenvalue weighted by Gasteiger charge is -2.14. The van der Waals surface area contributed by atoms with Gasteiger partial charge in [0.25, 0.3) is 0 Å². The molecule has 0 atom stereocenters. The Morgan fingerprint density at radius 3 is 2.52 bits per heavy atom. The second-order valence-electron chi connectivity index (χ2n) is 5.68. The van der Waals surface area contributed by atoms with Gasteiger partial charge in [0.1, 0.15) is 0 Å². The van der Waals surface area contributed by atoms with Crippen molar-refractivity contribution in [1.82, 2.24) is 5.32 Å². The lowest BCUT2D eigenvalue weighted by atomic mass is 10.3. The topological polar surface area (TPSA) is 61.4 Å². The molecule has 0 heterocycles. The van der Waals surface area contributed by atoms with Gasteiger partial charge in [-0.05, 0) is 37.6 Å². The molecule has 0 amide bonds. The van der Waals surface area contributed by atoms with E-state index in [4.69, 9.17) is 0 Å². The van der Waals surface area contributed by atoms with Crippen molar-refractivity contribution in [3.63, 3.8) is 0 Å². The first-order chi connectivity index (χ1) is 9.80. The van der Waals surface area contributed by atoms with Gasteiger partial charge in [0.15, 0.2) is 0 Å². The number of nitrogens with one attached hydrogen (secondary N) is 2. The molecule has 1 aromatic rings. The maximum Gasteiger partial charge on any atom is 0.232 e. The third-order valence-corrected chi connectivity index (χ3v) is 4.40. The van der Waals surface area contributed by atoms with Crippen LogP contribution in [0.4, 0.5) is 11.4 Å². The Morgan fingerprint density at radius 1 is 1.19 bits per heavy atom. The van der Waals surface area contributed by atoms with Crippen molar-refractivity contribution in [2.75, 3.05) is 36.0 Å². The molecule has 0 aliphatic carbocycles. The van der Waals surface area contributed by atoms with Crippen LogP contribution in [0.1, 0.15) is 26.7 Å². The van der Waals surface area contributed by atoms with E-state index < -0.39 is 10.0 Å². The van der Waals surface area contributed by atoms with Gasteiger partial charge in [0.2, 0.25) is 10.0 Å². The second-order valence-corrected chi connectivity index (χ2v) is 7.52. The number of benzene rings is 1. The number of rotatable bonds is 9. The van der Waals surface area contributed by atoms with Crippen molar-refractivity contribution in [3.8, 4) is 0 Å². The summed E-state index contributed by atoms with van der Waals surface area (Å²) in [6, 6.07) is 7.83. The first-order valence-corrected chi connectivity index (χ1v) is 8.96. The molecule has 0 bridgehead atoms. The van der Waals surface area contributed by atoms with Crippen molar-refractivity contribution >= 4 is 21.4 Å². The molecule has 0 saturated carbocycles. The van der Waals surface area contributed by atoms with Crippen molar-refractivity contribution in [3.05, 3.63) is 24.3 Å². The summed E-state index contributed by atoms with van der Waals surface area (Å²) in [5.74, 6) is 0.152. The highest BCUT2D eigenvalue weighted by Gasteiger charge is 2.10. The summed E-state index contributed by atoms with van der Waals surface area (Å²) in [6.07, 6.45) is 1.51. The number of unbranched alkanes of at least 4 members (excludes halogenated alkanes) is 1. The molecule has 0 unspecified atom stereocenters. The van der Waals surface area contributed by atoms with Crippen LogP contribution in [0.25, 0.3) is 0 Å². The molecular formula is C15H27N3O2S. The summed E-state index contributed by atoms with van der Waals surface area (Å²) in [6.45, 7) is 5.01. The number of anilines is 2. The summed E-state index contributed by atoms with van der Waals surface area (Å²) in [4.78, 5) is 1.94. The Hall–Kier alpha value is -1.27. The van der Waals surface area contributed by atoms with Gasteiger partial charge < -0.3 is 10.2 Å². The monoisotopic (exact) mass is 313 g/mol. The van der Waals surface area contributed by atoms with Gasteiger partial charge in [-0.15, -0.1) is 0 Å². The Labute approximate surface area is 128 Å². The molecule has 0 aliphatic heterocycles. The predicted molar refractivity (Wildman–Crippen MR) is 90.6 cm³/mol. The first-order valence-electron chi connectivity index (χ1n) is 7.31. The fraction of sp³-hybridized carbons (Fsp3) is 0.600. The highest BCUT2D eigenvalue weighted by atomic mass is 32.2. The maximum atomic E-state index is 12.0. The highest BCUT2D eigenvalue weighted by molar-refractivity contribution is 7.92. The molecule has 5 nitrogen and oxygen atoms in total. The van der Waals surface area contributed by atoms with Crippen LogP contribution >= 0.6 is 0 Å². The average molecular weight is 313 g/mol. The van der Waals surface area contributed by atoms with Crippen LogP contribution in [-0.4, -0.2) is 40.9 Å². The Kier molecular flexibility index (Phi) is 6.98. The number of hydrogen-bond acceptors (Lipinski definition) is 4. The lowest BCUT2D eigenvalue weighted by Crippen LogP contribution is -2.24. The van der Waals surface area contributed by atoms with Gasteiger partial charge >= 0.3 is 0 Å². The summed E-state index contributed by atoms with van der Waals surface area (Å²) < 4.78 is 26.7. The Morgan fingerprint density at radius 2 is 1.90 bits per heavy atom. The zero-order valence-electron chi connectivity index (χ0n) is 13.4. The number of nitrogens with zero attached hydrogens (tertiary/aromatic N) is 1. The van der Waals surface area contributed by atoms with E-state index >= 15 is 0 Å². The summed E-state index contributed by atoms with van der Waals surface area (Å²) >= 11 is 0. The summed E-state index contributed by atoms with van der Waals surface area (Å²) in [5.41, 5.74) is 1.58. The van der Waals surface area contributed by atoms with Gasteiger partial charge in [0.05, 0.1) is 11.4 Å². The lowest BCUT2D eigenvalue weighted by molar-refractivity contribution is 0.561. The molecule has 6 heteroatoms. The van der Waals surface area contributed by atoms with Crippen LogP contribution in [0.15, 0.2) is 24.3 Å². The Bertz CT molecular complexity index is 527. The predicted octanol–water partition coefficient (Wildman–Crippen LogP) is 2.27. The van der Waals surface area contributed by atoms with Gasteiger partial charge in [-0.2, -0.15) is 0 Å². The fourth-order valence-corrected chi connectivity index (χ4v) is 3.06. The largest absolute Gasteiger partial charge is 0.378 e. The van der Waals surface area contributed by atoms with Crippen molar-refractivity contribution in [1.29, 1.82) is 0 Å². The quantitative estimate of drug-likeness (QED) is 0.687. The van der Waals surface area contributed by atoms with E-state index in [1.807, 2.05) is 37.2 Å². The molecule has 1 aromatic carbocycles. The standard InChI is InChI=1S/C15H27N3O2S/c1-13(2)16-10-5-6-11-21(19,20)17-14-8-7-9-15(12-14)18(3)4/h7-9,12-13,16-17H,5-6,10-11H2,1-4H3. The van der Waals surface area contributed by atoms with Crippen molar-refractivity contribution in [2.24, 2.45) is 0 Å². The van der Waals surface area contributed by atoms with E-state index in [2.05, 4.69) is 23.9 Å². The van der Waals surface area contributed by atoms with Gasteiger partial charge in [0, 0.05) is 25.8 Å². The van der Waals surface area contributed by atoms with Crippen molar-refractivity contribution < 1.29 is 8.42 Å². The molecule has 21 heavy (non-hydrogen) atoms. The average Bonchev–Trinajstić information content (AvgIpc) is 2.37. The molecular weight excluding hydrogens is 286 g/mol. The molecule has 1 rings (SSSR count). The van der Waals surface area contributed by atoms with Crippen LogP contribution in [0.3, 0.4) is 0 Å². The fourth-order valence-electron chi connectivity index (χ4n) is 1.89. The molecule has 0 saturated heterocycles. The van der Waals surface area contributed by atoms with E-state index in [0.29, 0.717) is 18.2 Å². The Balaban J connectivity index is 2.47. The van der Waals surface area contributed by atoms with E-state index in [0.717, 1.165) is 18.7 Å². The minimum atomic E-state index is -3.27. The van der Waals surface area contributed by atoms with Crippen LogP contribution in [0, 0.1) is 0 Å². The van der Waals surface area contributed by atoms with Gasteiger partial charge in [-0.1, -0.05) is 19.9 Å². The van der Waals surface area contributed by atoms with E-state index in [9.17, 15) is 8.42 Å². The molecule has 0 aromatic heterocycles. The molecule has 0 aliphatic rings. The van der Waals surface area contributed by atoms with Gasteiger partial charge in [-0.25, -0.2) is 8.42 Å². The smallest absolute Gasteiger partial charge is 0.232 e. The molecule has 0 radical (unpaired) electrons. The van der Waals surface area contributed by atoms with E-state index in [1.54, 1.807) is 6.07 Å². The second kappa shape index (κ2) is 8.24. The van der Waals surface area contributed by atoms with E-state index in [-0.39, 0.29) is 5.75 Å². The summed E-state index contributed by atoms with van der Waals surface area (Å²) in [7, 11) is 0.578. The third-order valence-electron chi connectivity index (χ3n) is 3.03. The van der Waals surface area contributed by atoms with Crippen LogP contribution < -0.4 is 14.9 Å². The number of hydrogen-bond donors (Lipinski definition) is 2. The van der Waals surface area contributed by atoms with Gasteiger partial charge in [-0.3, -0.25) is 4.72 Å². The normalized spacial score (nSPS) is 11.7. The first kappa shape index (κ1) is 17.8. The number of sulfonamides is 1. The zero-order chi connectivity index (χ0) is 15.9. The maximum absolute atomic E-state index is 12.0. The minimum Gasteiger partial charge on any atom is -0.378 e. The minimum absolute atomic E-state index is 0.152. The molecule has 120 valence electrons. The molecule has 0 fully saturated rings. The molecule has 0 spiro atoms.